The van der Waals surface area contributed by atoms with E-state index in [1.54, 1.807) is 0 Å². The summed E-state index contributed by atoms with van der Waals surface area (Å²) in [6.07, 6.45) is 5.49. The third-order valence-corrected chi connectivity index (χ3v) is 3.83. The van der Waals surface area contributed by atoms with Gasteiger partial charge in [-0.2, -0.15) is 5.10 Å². The normalized spacial score (nSPS) is 15.2. The number of rotatable bonds is 3. The summed E-state index contributed by atoms with van der Waals surface area (Å²) in [5.41, 5.74) is 2.57. The molecule has 2 aromatic heterocycles. The van der Waals surface area contributed by atoms with E-state index in [0.717, 1.165) is 18.1 Å². The largest absolute Gasteiger partial charge is 0.350 e. The lowest BCUT2D eigenvalue weighted by molar-refractivity contribution is 0.930. The molecule has 0 amide bonds. The maximum atomic E-state index is 4.61. The SMILES string of the molecule is Cn1cc(Cc2nc(C3CC3)n[nH]2)c2ccccc21. The van der Waals surface area contributed by atoms with Crippen LogP contribution >= 0.6 is 0 Å². The molecular formula is C15H16N4. The van der Waals surface area contributed by atoms with Crippen LogP contribution < -0.4 is 0 Å². The maximum Gasteiger partial charge on any atom is 0.153 e. The molecule has 96 valence electrons. The summed E-state index contributed by atoms with van der Waals surface area (Å²) in [6.45, 7) is 0. The molecule has 1 N–H and O–H groups in total. The van der Waals surface area contributed by atoms with E-state index in [4.69, 9.17) is 0 Å². The van der Waals surface area contributed by atoms with Crippen LogP contribution in [0.5, 0.6) is 0 Å². The van der Waals surface area contributed by atoms with Crippen molar-refractivity contribution in [3.8, 4) is 0 Å². The minimum atomic E-state index is 0.609. The van der Waals surface area contributed by atoms with E-state index in [0.29, 0.717) is 5.92 Å². The lowest BCUT2D eigenvalue weighted by atomic mass is 10.1. The number of nitrogens with one attached hydrogen (secondary N) is 1. The Labute approximate surface area is 111 Å². The second-order valence-electron chi connectivity index (χ2n) is 5.37. The van der Waals surface area contributed by atoms with Gasteiger partial charge in [-0.05, 0) is 24.5 Å². The smallest absolute Gasteiger partial charge is 0.153 e. The van der Waals surface area contributed by atoms with Gasteiger partial charge in [0.15, 0.2) is 5.82 Å². The van der Waals surface area contributed by atoms with Crippen molar-refractivity contribution in [2.45, 2.75) is 25.2 Å². The maximum absolute atomic E-state index is 4.61. The van der Waals surface area contributed by atoms with Gasteiger partial charge in [0.1, 0.15) is 5.82 Å². The molecule has 4 rings (SSSR count). The Balaban J connectivity index is 1.70. The molecule has 0 spiro atoms. The average Bonchev–Trinajstić information content (AvgIpc) is 3.10. The summed E-state index contributed by atoms with van der Waals surface area (Å²) in [5, 5.41) is 8.70. The topological polar surface area (TPSA) is 46.5 Å². The van der Waals surface area contributed by atoms with Crippen molar-refractivity contribution >= 4 is 10.9 Å². The fourth-order valence-corrected chi connectivity index (χ4v) is 2.66. The van der Waals surface area contributed by atoms with Gasteiger partial charge in [-0.15, -0.1) is 0 Å². The Kier molecular flexibility index (Phi) is 2.24. The van der Waals surface area contributed by atoms with E-state index in [-0.39, 0.29) is 0 Å². The zero-order valence-corrected chi connectivity index (χ0v) is 10.9. The molecule has 0 atom stereocenters. The number of nitrogens with zero attached hydrogens (tertiary/aromatic N) is 3. The van der Waals surface area contributed by atoms with E-state index in [1.807, 2.05) is 0 Å². The van der Waals surface area contributed by atoms with Crippen LogP contribution in [-0.2, 0) is 13.5 Å². The summed E-state index contributed by atoms with van der Waals surface area (Å²) in [7, 11) is 2.09. The average molecular weight is 252 g/mol. The van der Waals surface area contributed by atoms with Gasteiger partial charge < -0.3 is 4.57 Å². The Morgan fingerprint density at radius 1 is 1.32 bits per heavy atom. The molecule has 1 saturated carbocycles. The van der Waals surface area contributed by atoms with Crippen LogP contribution in [-0.4, -0.2) is 19.7 Å². The fraction of sp³-hybridized carbons (Fsp3) is 0.333. The zero-order valence-electron chi connectivity index (χ0n) is 10.9. The van der Waals surface area contributed by atoms with Gasteiger partial charge in [0.2, 0.25) is 0 Å². The van der Waals surface area contributed by atoms with Crippen molar-refractivity contribution < 1.29 is 0 Å². The summed E-state index contributed by atoms with van der Waals surface area (Å²) < 4.78 is 2.17. The van der Waals surface area contributed by atoms with Crippen LogP contribution in [0.15, 0.2) is 30.5 Å². The summed E-state index contributed by atoms with van der Waals surface area (Å²) in [6, 6.07) is 8.48. The van der Waals surface area contributed by atoms with Gasteiger partial charge in [0.25, 0.3) is 0 Å². The third-order valence-electron chi connectivity index (χ3n) is 3.83. The fourth-order valence-electron chi connectivity index (χ4n) is 2.66. The number of H-pyrrole nitrogens is 1. The lowest BCUT2D eigenvalue weighted by Gasteiger charge is -1.95. The quantitative estimate of drug-likeness (QED) is 0.779. The Bertz CT molecular complexity index is 734. The van der Waals surface area contributed by atoms with Gasteiger partial charge >= 0.3 is 0 Å². The van der Waals surface area contributed by atoms with E-state index >= 15 is 0 Å². The monoisotopic (exact) mass is 252 g/mol. The first-order valence-electron chi connectivity index (χ1n) is 6.75. The molecule has 1 aliphatic carbocycles. The second kappa shape index (κ2) is 3.95. The number of aryl methyl sites for hydroxylation is 1. The molecule has 1 aromatic carbocycles. The van der Waals surface area contributed by atoms with E-state index < -0.39 is 0 Å². The lowest BCUT2D eigenvalue weighted by Crippen LogP contribution is -1.90. The first-order chi connectivity index (χ1) is 9.31. The molecule has 0 radical (unpaired) electrons. The molecule has 1 aliphatic rings. The molecule has 2 heterocycles. The van der Waals surface area contributed by atoms with Crippen LogP contribution in [0.1, 0.15) is 36.0 Å². The number of aromatic nitrogens is 4. The standard InChI is InChI=1S/C15H16N4/c1-19-9-11(12-4-2-3-5-13(12)19)8-14-16-15(18-17-14)10-6-7-10/h2-5,9-10H,6-8H2,1H3,(H,16,17,18). The number of hydrogen-bond acceptors (Lipinski definition) is 2. The van der Waals surface area contributed by atoms with Gasteiger partial charge in [0.05, 0.1) is 0 Å². The van der Waals surface area contributed by atoms with Crippen molar-refractivity contribution in [2.75, 3.05) is 0 Å². The van der Waals surface area contributed by atoms with E-state index in [1.165, 1.54) is 29.3 Å². The Morgan fingerprint density at radius 3 is 3.00 bits per heavy atom. The number of aromatic amines is 1. The molecule has 19 heavy (non-hydrogen) atoms. The predicted molar refractivity (Wildman–Crippen MR) is 74.1 cm³/mol. The van der Waals surface area contributed by atoms with Gasteiger partial charge in [0, 0.05) is 36.5 Å². The van der Waals surface area contributed by atoms with Crippen molar-refractivity contribution in [3.05, 3.63) is 47.7 Å². The summed E-state index contributed by atoms with van der Waals surface area (Å²) in [4.78, 5) is 4.61. The minimum Gasteiger partial charge on any atom is -0.350 e. The number of para-hydroxylation sites is 1. The van der Waals surface area contributed by atoms with Crippen molar-refractivity contribution in [2.24, 2.45) is 7.05 Å². The van der Waals surface area contributed by atoms with Crippen molar-refractivity contribution in [1.82, 2.24) is 19.7 Å². The highest BCUT2D eigenvalue weighted by Gasteiger charge is 2.27. The number of hydrogen-bond donors (Lipinski definition) is 1. The van der Waals surface area contributed by atoms with Crippen LogP contribution in [0.3, 0.4) is 0 Å². The third kappa shape index (κ3) is 1.84. The molecule has 4 nitrogen and oxygen atoms in total. The van der Waals surface area contributed by atoms with Gasteiger partial charge in [-0.1, -0.05) is 18.2 Å². The molecule has 0 saturated heterocycles. The molecular weight excluding hydrogens is 236 g/mol. The van der Waals surface area contributed by atoms with Crippen molar-refractivity contribution in [1.29, 1.82) is 0 Å². The van der Waals surface area contributed by atoms with E-state index in [2.05, 4.69) is 57.3 Å². The molecule has 0 bridgehead atoms. The van der Waals surface area contributed by atoms with Crippen LogP contribution in [0.25, 0.3) is 10.9 Å². The first-order valence-corrected chi connectivity index (χ1v) is 6.75. The summed E-state index contributed by atoms with van der Waals surface area (Å²) >= 11 is 0. The highest BCUT2D eigenvalue weighted by Crippen LogP contribution is 2.37. The van der Waals surface area contributed by atoms with Gasteiger partial charge in [-0.25, -0.2) is 4.98 Å². The molecule has 0 aliphatic heterocycles. The van der Waals surface area contributed by atoms with Crippen molar-refractivity contribution in [3.63, 3.8) is 0 Å². The molecule has 3 aromatic rings. The van der Waals surface area contributed by atoms with Crippen LogP contribution in [0.4, 0.5) is 0 Å². The van der Waals surface area contributed by atoms with Gasteiger partial charge in [-0.3, -0.25) is 5.10 Å². The molecule has 4 heteroatoms. The second-order valence-corrected chi connectivity index (χ2v) is 5.37. The minimum absolute atomic E-state index is 0.609. The molecule has 1 fully saturated rings. The first kappa shape index (κ1) is 10.8. The number of fused-ring (bicyclic) bond motifs is 1. The Hall–Kier alpha value is -2.10. The van der Waals surface area contributed by atoms with Crippen LogP contribution in [0.2, 0.25) is 0 Å². The Morgan fingerprint density at radius 2 is 2.16 bits per heavy atom. The van der Waals surface area contributed by atoms with Crippen LogP contribution in [0, 0.1) is 0 Å². The zero-order chi connectivity index (χ0) is 12.8. The van der Waals surface area contributed by atoms with E-state index in [9.17, 15) is 0 Å². The molecule has 0 unspecified atom stereocenters. The highest BCUT2D eigenvalue weighted by molar-refractivity contribution is 5.84. The number of benzene rings is 1. The summed E-state index contributed by atoms with van der Waals surface area (Å²) in [5.74, 6) is 2.58. The highest BCUT2D eigenvalue weighted by atomic mass is 15.2. The predicted octanol–water partition coefficient (Wildman–Crippen LogP) is 2.76.